The molecule has 1 saturated heterocycles. The zero-order valence-electron chi connectivity index (χ0n) is 13.7. The first-order chi connectivity index (χ1) is 10.5. The Morgan fingerprint density at radius 1 is 1.18 bits per heavy atom. The van der Waals surface area contributed by atoms with Crippen LogP contribution in [0.4, 0.5) is 5.69 Å². The molecule has 4 heteroatoms. The van der Waals surface area contributed by atoms with Gasteiger partial charge in [-0.3, -0.25) is 4.79 Å². The summed E-state index contributed by atoms with van der Waals surface area (Å²) in [7, 11) is 0. The maximum atomic E-state index is 12.7. The molecule has 1 aromatic rings. The number of rotatable bonds is 2. The van der Waals surface area contributed by atoms with E-state index in [1.54, 1.807) is 0 Å². The molecule has 0 aromatic heterocycles. The summed E-state index contributed by atoms with van der Waals surface area (Å²) in [6, 6.07) is 8.43. The molecular weight excluding hydrogens is 274 g/mol. The average molecular weight is 301 g/mol. The van der Waals surface area contributed by atoms with Crippen molar-refractivity contribution in [2.24, 2.45) is 17.6 Å². The topological polar surface area (TPSA) is 49.6 Å². The quantitative estimate of drug-likeness (QED) is 0.907. The van der Waals surface area contributed by atoms with Crippen molar-refractivity contribution in [3.63, 3.8) is 0 Å². The molecular formula is C18H27N3O. The zero-order valence-corrected chi connectivity index (χ0v) is 13.7. The second-order valence-electron chi connectivity index (χ2n) is 7.22. The number of nitrogens with zero attached hydrogens (tertiary/aromatic N) is 2. The number of carbonyl (C=O) groups excluding carboxylic acids is 1. The number of hydrogen-bond donors (Lipinski definition) is 1. The van der Waals surface area contributed by atoms with Crippen LogP contribution in [-0.2, 0) is 11.2 Å². The molecule has 0 bridgehead atoms. The van der Waals surface area contributed by atoms with E-state index in [1.807, 2.05) is 17.0 Å². The van der Waals surface area contributed by atoms with Gasteiger partial charge in [0.1, 0.15) is 0 Å². The maximum Gasteiger partial charge on any atom is 0.242 e. The fourth-order valence-corrected chi connectivity index (χ4v) is 4.00. The minimum absolute atomic E-state index is 0.113. The Kier molecular flexibility index (Phi) is 4.39. The first-order valence-electron chi connectivity index (χ1n) is 8.39. The van der Waals surface area contributed by atoms with Crippen LogP contribution in [0.5, 0.6) is 0 Å². The van der Waals surface area contributed by atoms with Gasteiger partial charge in [-0.25, -0.2) is 0 Å². The van der Waals surface area contributed by atoms with E-state index in [4.69, 9.17) is 5.73 Å². The summed E-state index contributed by atoms with van der Waals surface area (Å²) < 4.78 is 0. The van der Waals surface area contributed by atoms with Gasteiger partial charge in [-0.15, -0.1) is 0 Å². The van der Waals surface area contributed by atoms with Crippen molar-refractivity contribution < 1.29 is 4.79 Å². The fraction of sp³-hybridized carbons (Fsp3) is 0.611. The van der Waals surface area contributed by atoms with E-state index >= 15 is 0 Å². The number of nitrogens with two attached hydrogens (primary N) is 1. The number of fused-ring (bicyclic) bond motifs is 1. The molecule has 2 aliphatic rings. The lowest BCUT2D eigenvalue weighted by Gasteiger charge is -2.38. The molecule has 3 rings (SSSR count). The summed E-state index contributed by atoms with van der Waals surface area (Å²) in [5.41, 5.74) is 8.61. The Balaban J connectivity index is 1.71. The van der Waals surface area contributed by atoms with Gasteiger partial charge in [0.25, 0.3) is 0 Å². The molecule has 120 valence electrons. The number of amides is 1. The molecule has 1 aromatic carbocycles. The van der Waals surface area contributed by atoms with Gasteiger partial charge in [-0.05, 0) is 36.3 Å². The Morgan fingerprint density at radius 2 is 1.86 bits per heavy atom. The van der Waals surface area contributed by atoms with Crippen LogP contribution >= 0.6 is 0 Å². The van der Waals surface area contributed by atoms with Crippen molar-refractivity contribution in [2.75, 3.05) is 31.1 Å². The SMILES string of the molecule is CC1CC(C)CN(C(=O)CN2CC(N)Cc3ccccc32)C1. The van der Waals surface area contributed by atoms with Crippen molar-refractivity contribution in [2.45, 2.75) is 32.7 Å². The van der Waals surface area contributed by atoms with Crippen molar-refractivity contribution in [1.29, 1.82) is 0 Å². The Morgan fingerprint density at radius 3 is 2.59 bits per heavy atom. The highest BCUT2D eigenvalue weighted by Crippen LogP contribution is 2.27. The molecule has 2 N–H and O–H groups in total. The molecule has 1 amide bonds. The van der Waals surface area contributed by atoms with Gasteiger partial charge in [0, 0.05) is 31.4 Å². The summed E-state index contributed by atoms with van der Waals surface area (Å²) >= 11 is 0. The second kappa shape index (κ2) is 6.29. The van der Waals surface area contributed by atoms with E-state index in [1.165, 1.54) is 17.7 Å². The van der Waals surface area contributed by atoms with Gasteiger partial charge in [0.2, 0.25) is 5.91 Å². The molecule has 0 spiro atoms. The smallest absolute Gasteiger partial charge is 0.242 e. The molecule has 1 fully saturated rings. The average Bonchev–Trinajstić information content (AvgIpc) is 2.46. The number of hydrogen-bond acceptors (Lipinski definition) is 3. The minimum atomic E-state index is 0.113. The molecule has 4 nitrogen and oxygen atoms in total. The van der Waals surface area contributed by atoms with Crippen LogP contribution in [0, 0.1) is 11.8 Å². The maximum absolute atomic E-state index is 12.7. The predicted molar refractivity (Wildman–Crippen MR) is 89.9 cm³/mol. The summed E-state index contributed by atoms with van der Waals surface area (Å²) in [6.45, 7) is 7.48. The number of carbonyl (C=O) groups is 1. The van der Waals surface area contributed by atoms with Gasteiger partial charge >= 0.3 is 0 Å². The molecule has 0 radical (unpaired) electrons. The standard InChI is InChI=1S/C18H27N3O/c1-13-7-14(2)10-21(9-13)18(22)12-20-11-16(19)8-15-5-3-4-6-17(15)20/h3-6,13-14,16H,7-12,19H2,1-2H3. The van der Waals surface area contributed by atoms with E-state index < -0.39 is 0 Å². The van der Waals surface area contributed by atoms with Crippen molar-refractivity contribution in [3.8, 4) is 0 Å². The lowest BCUT2D eigenvalue weighted by Crippen LogP contribution is -2.50. The lowest BCUT2D eigenvalue weighted by atomic mass is 9.92. The van der Waals surface area contributed by atoms with Crippen LogP contribution < -0.4 is 10.6 Å². The fourth-order valence-electron chi connectivity index (χ4n) is 4.00. The molecule has 0 saturated carbocycles. The molecule has 2 heterocycles. The largest absolute Gasteiger partial charge is 0.360 e. The third-order valence-corrected chi connectivity index (χ3v) is 4.82. The van der Waals surface area contributed by atoms with E-state index in [0.717, 1.165) is 26.1 Å². The predicted octanol–water partition coefficient (Wildman–Crippen LogP) is 1.88. The number of piperidine rings is 1. The van der Waals surface area contributed by atoms with E-state index in [-0.39, 0.29) is 11.9 Å². The van der Waals surface area contributed by atoms with Crippen molar-refractivity contribution in [3.05, 3.63) is 29.8 Å². The van der Waals surface area contributed by atoms with Crippen molar-refractivity contribution >= 4 is 11.6 Å². The van der Waals surface area contributed by atoms with Crippen LogP contribution in [-0.4, -0.2) is 43.0 Å². The highest BCUT2D eigenvalue weighted by atomic mass is 16.2. The molecule has 22 heavy (non-hydrogen) atoms. The highest BCUT2D eigenvalue weighted by molar-refractivity contribution is 5.82. The van der Waals surface area contributed by atoms with Crippen LogP contribution in [0.2, 0.25) is 0 Å². The monoisotopic (exact) mass is 301 g/mol. The highest BCUT2D eigenvalue weighted by Gasteiger charge is 2.28. The van der Waals surface area contributed by atoms with E-state index in [0.29, 0.717) is 18.4 Å². The second-order valence-corrected chi connectivity index (χ2v) is 7.22. The summed E-state index contributed by atoms with van der Waals surface area (Å²) in [6.07, 6.45) is 2.12. The zero-order chi connectivity index (χ0) is 15.7. The van der Waals surface area contributed by atoms with Crippen LogP contribution in [0.3, 0.4) is 0 Å². The number of para-hydroxylation sites is 1. The third-order valence-electron chi connectivity index (χ3n) is 4.82. The Labute approximate surface area is 133 Å². The Hall–Kier alpha value is -1.55. The van der Waals surface area contributed by atoms with Crippen molar-refractivity contribution in [1.82, 2.24) is 4.90 Å². The number of benzene rings is 1. The first kappa shape index (κ1) is 15.3. The lowest BCUT2D eigenvalue weighted by molar-refractivity contribution is -0.132. The summed E-state index contributed by atoms with van der Waals surface area (Å²) in [5, 5.41) is 0. The molecule has 3 atom stereocenters. The summed E-state index contributed by atoms with van der Waals surface area (Å²) in [5.74, 6) is 1.44. The minimum Gasteiger partial charge on any atom is -0.360 e. The van der Waals surface area contributed by atoms with Gasteiger partial charge in [0.15, 0.2) is 0 Å². The van der Waals surface area contributed by atoms with Gasteiger partial charge < -0.3 is 15.5 Å². The van der Waals surface area contributed by atoms with Gasteiger partial charge in [-0.1, -0.05) is 32.0 Å². The normalized spacial score (nSPS) is 28.4. The number of likely N-dealkylation sites (tertiary alicyclic amines) is 1. The Bertz CT molecular complexity index is 535. The molecule has 3 unspecified atom stereocenters. The van der Waals surface area contributed by atoms with Crippen LogP contribution in [0.25, 0.3) is 0 Å². The molecule has 0 aliphatic carbocycles. The molecule has 2 aliphatic heterocycles. The van der Waals surface area contributed by atoms with E-state index in [2.05, 4.69) is 30.9 Å². The van der Waals surface area contributed by atoms with Gasteiger partial charge in [0.05, 0.1) is 6.54 Å². The van der Waals surface area contributed by atoms with Crippen LogP contribution in [0.1, 0.15) is 25.8 Å². The van der Waals surface area contributed by atoms with Crippen LogP contribution in [0.15, 0.2) is 24.3 Å². The first-order valence-corrected chi connectivity index (χ1v) is 8.39. The summed E-state index contributed by atoms with van der Waals surface area (Å²) in [4.78, 5) is 16.9. The van der Waals surface area contributed by atoms with Gasteiger partial charge in [-0.2, -0.15) is 0 Å². The third kappa shape index (κ3) is 3.27. The number of anilines is 1. The van der Waals surface area contributed by atoms with E-state index in [9.17, 15) is 4.79 Å².